The summed E-state index contributed by atoms with van der Waals surface area (Å²) < 4.78 is 0. The Morgan fingerprint density at radius 1 is 1.27 bits per heavy atom. The normalized spacial score (nSPS) is 22.0. The molecule has 30 heavy (non-hydrogen) atoms. The van der Waals surface area contributed by atoms with E-state index in [-0.39, 0.29) is 24.1 Å². The van der Waals surface area contributed by atoms with Crippen molar-refractivity contribution >= 4 is 39.9 Å². The lowest BCUT2D eigenvalue weighted by Crippen LogP contribution is -2.58. The van der Waals surface area contributed by atoms with Gasteiger partial charge in [-0.05, 0) is 31.9 Å². The summed E-state index contributed by atoms with van der Waals surface area (Å²) in [5, 5.41) is 18.4. The van der Waals surface area contributed by atoms with Crippen molar-refractivity contribution in [1.29, 1.82) is 0 Å². The van der Waals surface area contributed by atoms with Gasteiger partial charge in [0.25, 0.3) is 5.91 Å². The van der Waals surface area contributed by atoms with Crippen molar-refractivity contribution in [1.82, 2.24) is 20.4 Å². The van der Waals surface area contributed by atoms with E-state index in [0.717, 1.165) is 17.1 Å². The Morgan fingerprint density at radius 2 is 2.07 bits per heavy atom. The number of aromatic nitrogens is 2. The molecule has 3 amide bonds. The van der Waals surface area contributed by atoms with Gasteiger partial charge >= 0.3 is 0 Å². The molecule has 2 aliphatic heterocycles. The lowest BCUT2D eigenvalue weighted by molar-refractivity contribution is -0.137. The van der Waals surface area contributed by atoms with Gasteiger partial charge in [0.05, 0.1) is 5.56 Å². The van der Waals surface area contributed by atoms with Gasteiger partial charge in [-0.25, -0.2) is 0 Å². The van der Waals surface area contributed by atoms with Crippen LogP contribution in [0.4, 0.5) is 10.8 Å². The maximum absolute atomic E-state index is 12.8. The van der Waals surface area contributed by atoms with Crippen LogP contribution in [0.15, 0.2) is 24.3 Å². The lowest BCUT2D eigenvalue weighted by Gasteiger charge is -2.40. The van der Waals surface area contributed by atoms with Crippen LogP contribution in [0.5, 0.6) is 0 Å². The van der Waals surface area contributed by atoms with E-state index >= 15 is 0 Å². The van der Waals surface area contributed by atoms with Crippen LogP contribution in [0.25, 0.3) is 0 Å². The minimum absolute atomic E-state index is 0.115. The number of rotatable bonds is 4. The van der Waals surface area contributed by atoms with Gasteiger partial charge in [0.1, 0.15) is 16.7 Å². The first kappa shape index (κ1) is 20.3. The second-order valence-electron chi connectivity index (χ2n) is 7.56. The minimum Gasteiger partial charge on any atom is -0.362 e. The predicted molar refractivity (Wildman–Crippen MR) is 113 cm³/mol. The molecule has 9 nitrogen and oxygen atoms in total. The number of fused-ring (bicyclic) bond motifs is 1. The highest BCUT2D eigenvalue weighted by Crippen LogP contribution is 2.32. The van der Waals surface area contributed by atoms with Gasteiger partial charge in [0.15, 0.2) is 0 Å². The molecule has 3 N–H and O–H groups in total. The molecular weight excluding hydrogens is 404 g/mol. The Hall–Kier alpha value is -3.01. The molecule has 158 valence electrons. The molecule has 0 bridgehead atoms. The molecule has 0 aliphatic carbocycles. The fraction of sp³-hybridized carbons (Fsp3) is 0.450. The van der Waals surface area contributed by atoms with Gasteiger partial charge in [0, 0.05) is 25.1 Å². The zero-order valence-electron chi connectivity index (χ0n) is 16.9. The summed E-state index contributed by atoms with van der Waals surface area (Å²) in [7, 11) is 0. The largest absolute Gasteiger partial charge is 0.362 e. The summed E-state index contributed by atoms with van der Waals surface area (Å²) in [6.07, 6.45) is 1.92. The number of hydrogen-bond donors (Lipinski definition) is 3. The van der Waals surface area contributed by atoms with E-state index in [4.69, 9.17) is 0 Å². The average molecular weight is 429 g/mol. The summed E-state index contributed by atoms with van der Waals surface area (Å²) >= 11 is 1.33. The van der Waals surface area contributed by atoms with Crippen LogP contribution >= 0.6 is 11.3 Å². The molecule has 1 saturated heterocycles. The minimum atomic E-state index is -0.707. The van der Waals surface area contributed by atoms with Crippen molar-refractivity contribution in [2.24, 2.45) is 0 Å². The highest BCUT2D eigenvalue weighted by atomic mass is 32.1. The van der Waals surface area contributed by atoms with Gasteiger partial charge in [-0.3, -0.25) is 19.7 Å². The van der Waals surface area contributed by atoms with Crippen LogP contribution < -0.4 is 16.0 Å². The number of hydrogen-bond acceptors (Lipinski definition) is 7. The van der Waals surface area contributed by atoms with E-state index in [1.165, 1.54) is 11.3 Å². The molecule has 2 atom stereocenters. The SMILES string of the molecule is CCc1nnc(NC(=O)[C@H](C)N2CC[C@@]3(CCC2=O)NC(=O)c2ccccc2N3)s1. The summed E-state index contributed by atoms with van der Waals surface area (Å²) in [5.74, 6) is -0.570. The molecular formula is C20H24N6O3S. The Balaban J connectivity index is 1.46. The van der Waals surface area contributed by atoms with Crippen LogP contribution in [0, 0.1) is 0 Å². The third kappa shape index (κ3) is 3.87. The maximum Gasteiger partial charge on any atom is 0.255 e. The van der Waals surface area contributed by atoms with Crippen molar-refractivity contribution in [3.63, 3.8) is 0 Å². The Bertz CT molecular complexity index is 992. The molecule has 2 aliphatic rings. The zero-order chi connectivity index (χ0) is 21.3. The number of carbonyl (C=O) groups excluding carboxylic acids is 3. The number of para-hydroxylation sites is 1. The van der Waals surface area contributed by atoms with Gasteiger partial charge < -0.3 is 15.5 Å². The lowest BCUT2D eigenvalue weighted by atomic mass is 9.95. The van der Waals surface area contributed by atoms with Crippen LogP contribution in [0.2, 0.25) is 0 Å². The van der Waals surface area contributed by atoms with Crippen LogP contribution in [-0.2, 0) is 16.0 Å². The van der Waals surface area contributed by atoms with E-state index in [2.05, 4.69) is 26.1 Å². The molecule has 3 heterocycles. The second-order valence-corrected chi connectivity index (χ2v) is 8.63. The number of benzene rings is 1. The van der Waals surface area contributed by atoms with Crippen molar-refractivity contribution in [3.8, 4) is 0 Å². The first-order valence-corrected chi connectivity index (χ1v) is 10.8. The number of anilines is 2. The number of nitrogens with zero attached hydrogens (tertiary/aromatic N) is 3. The molecule has 1 aromatic heterocycles. The molecule has 0 saturated carbocycles. The quantitative estimate of drug-likeness (QED) is 0.686. The maximum atomic E-state index is 12.8. The van der Waals surface area contributed by atoms with Crippen molar-refractivity contribution in [2.45, 2.75) is 51.2 Å². The summed E-state index contributed by atoms with van der Waals surface area (Å²) in [4.78, 5) is 39.6. The summed E-state index contributed by atoms with van der Waals surface area (Å²) in [6, 6.07) is 6.66. The van der Waals surface area contributed by atoms with Crippen molar-refractivity contribution < 1.29 is 14.4 Å². The van der Waals surface area contributed by atoms with Crippen LogP contribution in [0.3, 0.4) is 0 Å². The van der Waals surface area contributed by atoms with Gasteiger partial charge in [-0.2, -0.15) is 0 Å². The smallest absolute Gasteiger partial charge is 0.255 e. The van der Waals surface area contributed by atoms with E-state index in [1.54, 1.807) is 17.9 Å². The summed E-state index contributed by atoms with van der Waals surface area (Å²) in [6.45, 7) is 4.02. The molecule has 2 aromatic rings. The van der Waals surface area contributed by atoms with Crippen molar-refractivity contribution in [2.75, 3.05) is 17.2 Å². The molecule has 1 fully saturated rings. The monoisotopic (exact) mass is 428 g/mol. The summed E-state index contributed by atoms with van der Waals surface area (Å²) in [5.41, 5.74) is 0.643. The molecule has 1 spiro atoms. The second kappa shape index (κ2) is 8.02. The third-order valence-corrected chi connectivity index (χ3v) is 6.59. The van der Waals surface area contributed by atoms with Crippen molar-refractivity contribution in [3.05, 3.63) is 34.8 Å². The van der Waals surface area contributed by atoms with Gasteiger partial charge in [-0.15, -0.1) is 10.2 Å². The fourth-order valence-electron chi connectivity index (χ4n) is 3.85. The number of aryl methyl sites for hydroxylation is 1. The zero-order valence-corrected chi connectivity index (χ0v) is 17.7. The molecule has 1 aromatic carbocycles. The fourth-order valence-corrected chi connectivity index (χ4v) is 4.53. The van der Waals surface area contributed by atoms with Crippen LogP contribution in [-0.4, -0.2) is 51.1 Å². The highest BCUT2D eigenvalue weighted by molar-refractivity contribution is 7.15. The first-order valence-electron chi connectivity index (χ1n) is 10.0. The van der Waals surface area contributed by atoms with Crippen LogP contribution in [0.1, 0.15) is 48.5 Å². The Kier molecular flexibility index (Phi) is 5.42. The van der Waals surface area contributed by atoms with Gasteiger partial charge in [-0.1, -0.05) is 30.4 Å². The molecule has 0 unspecified atom stereocenters. The van der Waals surface area contributed by atoms with Gasteiger partial charge in [0.2, 0.25) is 16.9 Å². The highest BCUT2D eigenvalue weighted by Gasteiger charge is 2.41. The Labute approximate surface area is 178 Å². The molecule has 4 rings (SSSR count). The van der Waals surface area contributed by atoms with E-state index < -0.39 is 11.7 Å². The average Bonchev–Trinajstić information content (AvgIpc) is 3.13. The molecule has 0 radical (unpaired) electrons. The third-order valence-electron chi connectivity index (χ3n) is 5.61. The predicted octanol–water partition coefficient (Wildman–Crippen LogP) is 1.99. The standard InChI is InChI=1S/C20H24N6O3S/c1-3-15-24-25-19(30-15)21-17(28)12(2)26-11-10-20(9-8-16(26)27)22-14-7-5-4-6-13(14)18(29)23-20/h4-7,12,22H,3,8-11H2,1-2H3,(H,23,29)(H,21,25,28)/t12-,20+/m0/s1. The van der Waals surface area contributed by atoms with E-state index in [1.807, 2.05) is 25.1 Å². The van der Waals surface area contributed by atoms with E-state index in [9.17, 15) is 14.4 Å². The number of carbonyl (C=O) groups is 3. The Morgan fingerprint density at radius 3 is 2.83 bits per heavy atom. The molecule has 10 heteroatoms. The number of nitrogens with one attached hydrogen (secondary N) is 3. The van der Waals surface area contributed by atoms with E-state index in [0.29, 0.717) is 30.1 Å². The first-order chi connectivity index (χ1) is 14.4. The number of amides is 3. The topological polar surface area (TPSA) is 116 Å². The number of likely N-dealkylation sites (tertiary alicyclic amines) is 1.